The van der Waals surface area contributed by atoms with Gasteiger partial charge in [-0.15, -0.1) is 0 Å². The Labute approximate surface area is 112 Å². The Morgan fingerprint density at radius 3 is 3.16 bits per heavy atom. The number of hydrogen-bond acceptors (Lipinski definition) is 3. The monoisotopic (exact) mass is 254 g/mol. The maximum atomic E-state index is 4.56. The van der Waals surface area contributed by atoms with Crippen LogP contribution in [0, 0.1) is 5.92 Å². The summed E-state index contributed by atoms with van der Waals surface area (Å²) in [5, 5.41) is 5.87. The van der Waals surface area contributed by atoms with Crippen LogP contribution < -0.4 is 5.43 Å². The molecule has 2 aliphatic heterocycles. The van der Waals surface area contributed by atoms with Crippen molar-refractivity contribution in [3.05, 3.63) is 36.0 Å². The molecule has 4 nitrogen and oxygen atoms in total. The van der Waals surface area contributed by atoms with Crippen molar-refractivity contribution in [2.75, 3.05) is 20.1 Å². The first-order chi connectivity index (χ1) is 9.33. The Hall–Kier alpha value is -1.81. The normalized spacial score (nSPS) is 27.1. The van der Waals surface area contributed by atoms with Crippen molar-refractivity contribution in [1.29, 1.82) is 0 Å². The molecule has 0 spiro atoms. The van der Waals surface area contributed by atoms with Gasteiger partial charge < -0.3 is 15.3 Å². The summed E-state index contributed by atoms with van der Waals surface area (Å²) in [6, 6.07) is 8.80. The van der Waals surface area contributed by atoms with Gasteiger partial charge in [0.15, 0.2) is 0 Å². The second kappa shape index (κ2) is 4.10. The van der Waals surface area contributed by atoms with Crippen LogP contribution in [0.1, 0.15) is 18.0 Å². The Kier molecular flexibility index (Phi) is 2.38. The van der Waals surface area contributed by atoms with Crippen LogP contribution in [0.15, 0.2) is 35.6 Å². The van der Waals surface area contributed by atoms with Crippen LogP contribution >= 0.6 is 0 Å². The molecule has 4 heteroatoms. The largest absolute Gasteiger partial charge is 0.361 e. The highest BCUT2D eigenvalue weighted by Gasteiger charge is 2.36. The topological polar surface area (TPSA) is 43.4 Å². The molecule has 0 bridgehead atoms. The van der Waals surface area contributed by atoms with E-state index in [0.29, 0.717) is 12.0 Å². The molecule has 2 aromatic rings. The number of nitrogens with one attached hydrogen (secondary N) is 2. The van der Waals surface area contributed by atoms with Crippen molar-refractivity contribution < 1.29 is 0 Å². The first-order valence-electron chi connectivity index (χ1n) is 6.89. The van der Waals surface area contributed by atoms with E-state index in [0.717, 1.165) is 19.5 Å². The van der Waals surface area contributed by atoms with Gasteiger partial charge in [-0.1, -0.05) is 18.2 Å². The number of aromatic nitrogens is 1. The van der Waals surface area contributed by atoms with Crippen molar-refractivity contribution in [2.24, 2.45) is 11.0 Å². The van der Waals surface area contributed by atoms with E-state index in [-0.39, 0.29) is 0 Å². The third-order valence-corrected chi connectivity index (χ3v) is 4.39. The number of hydrazone groups is 1. The maximum Gasteiger partial charge on any atom is 0.0803 e. The molecule has 4 rings (SSSR count). The van der Waals surface area contributed by atoms with Gasteiger partial charge in [0, 0.05) is 53.8 Å². The molecule has 0 radical (unpaired) electrons. The van der Waals surface area contributed by atoms with Crippen molar-refractivity contribution in [3.63, 3.8) is 0 Å². The van der Waals surface area contributed by atoms with Crippen LogP contribution in [0.25, 0.3) is 10.9 Å². The smallest absolute Gasteiger partial charge is 0.0803 e. The number of benzene rings is 1. The van der Waals surface area contributed by atoms with Crippen LogP contribution in [0.5, 0.6) is 0 Å². The Balaban J connectivity index is 1.73. The lowest BCUT2D eigenvalue weighted by Gasteiger charge is -2.30. The van der Waals surface area contributed by atoms with Crippen LogP contribution in [0.3, 0.4) is 0 Å². The van der Waals surface area contributed by atoms with Crippen molar-refractivity contribution in [3.8, 4) is 0 Å². The van der Waals surface area contributed by atoms with Crippen molar-refractivity contribution in [2.45, 2.75) is 12.5 Å². The third-order valence-electron chi connectivity index (χ3n) is 4.39. The van der Waals surface area contributed by atoms with E-state index < -0.39 is 0 Å². The molecule has 0 amide bonds. The number of fused-ring (bicyclic) bond motifs is 2. The predicted molar refractivity (Wildman–Crippen MR) is 77.2 cm³/mol. The summed E-state index contributed by atoms with van der Waals surface area (Å²) in [6.45, 7) is 2.22. The molecular formula is C15H18N4. The minimum atomic E-state index is 0.314. The van der Waals surface area contributed by atoms with Crippen molar-refractivity contribution in [1.82, 2.24) is 15.3 Å². The van der Waals surface area contributed by atoms with E-state index in [9.17, 15) is 0 Å². The second-order valence-corrected chi connectivity index (χ2v) is 5.62. The number of H-pyrrole nitrogens is 1. The fourth-order valence-electron chi connectivity index (χ4n) is 3.34. The predicted octanol–water partition coefficient (Wildman–Crippen LogP) is 2.12. The first-order valence-corrected chi connectivity index (χ1v) is 6.89. The molecule has 98 valence electrons. The van der Waals surface area contributed by atoms with Gasteiger partial charge in [-0.2, -0.15) is 5.10 Å². The standard InChI is InChI=1S/C15H18N4/c1-19-7-6-14-12(9-19)15(18-17-14)11-8-16-13-5-3-2-4-10(11)13/h2-5,8,12,15-16,18H,6-7,9H2,1H3. The molecule has 1 fully saturated rings. The first kappa shape index (κ1) is 11.1. The van der Waals surface area contributed by atoms with E-state index in [2.05, 4.69) is 57.9 Å². The van der Waals surface area contributed by atoms with Gasteiger partial charge in [0.25, 0.3) is 0 Å². The van der Waals surface area contributed by atoms with Gasteiger partial charge in [-0.3, -0.25) is 0 Å². The van der Waals surface area contributed by atoms with Gasteiger partial charge in [-0.05, 0) is 13.1 Å². The Morgan fingerprint density at radius 2 is 2.21 bits per heavy atom. The zero-order chi connectivity index (χ0) is 12.8. The quantitative estimate of drug-likeness (QED) is 0.818. The highest BCUT2D eigenvalue weighted by atomic mass is 15.4. The Bertz CT molecular complexity index is 642. The average Bonchev–Trinajstić information content (AvgIpc) is 3.01. The fraction of sp³-hybridized carbons (Fsp3) is 0.400. The summed E-state index contributed by atoms with van der Waals surface area (Å²) >= 11 is 0. The molecule has 1 aromatic heterocycles. The SMILES string of the molecule is CN1CCC2=NNC(c3c[nH]c4ccccc34)C2C1. The lowest BCUT2D eigenvalue weighted by Crippen LogP contribution is -2.39. The molecule has 2 aliphatic rings. The van der Waals surface area contributed by atoms with Crippen LogP contribution in [0.4, 0.5) is 0 Å². The zero-order valence-corrected chi connectivity index (χ0v) is 11.1. The lowest BCUT2D eigenvalue weighted by molar-refractivity contribution is 0.273. The molecule has 2 unspecified atom stereocenters. The highest BCUT2D eigenvalue weighted by molar-refractivity contribution is 5.91. The van der Waals surface area contributed by atoms with E-state index in [1.807, 2.05) is 0 Å². The molecule has 2 atom stereocenters. The summed E-state index contributed by atoms with van der Waals surface area (Å²) in [6.07, 6.45) is 3.22. The minimum Gasteiger partial charge on any atom is -0.361 e. The maximum absolute atomic E-state index is 4.56. The van der Waals surface area contributed by atoms with E-state index in [4.69, 9.17) is 0 Å². The molecule has 19 heavy (non-hydrogen) atoms. The van der Waals surface area contributed by atoms with Crippen molar-refractivity contribution >= 4 is 16.6 Å². The summed E-state index contributed by atoms with van der Waals surface area (Å²) in [5.74, 6) is 0.512. The van der Waals surface area contributed by atoms with E-state index in [1.54, 1.807) is 0 Å². The molecule has 1 aromatic carbocycles. The number of hydrogen-bond donors (Lipinski definition) is 2. The number of nitrogens with zero attached hydrogens (tertiary/aromatic N) is 2. The van der Waals surface area contributed by atoms with Gasteiger partial charge in [-0.25, -0.2) is 0 Å². The summed E-state index contributed by atoms with van der Waals surface area (Å²) in [5.41, 5.74) is 7.24. The zero-order valence-electron chi connectivity index (χ0n) is 11.1. The summed E-state index contributed by atoms with van der Waals surface area (Å²) in [4.78, 5) is 5.77. The number of rotatable bonds is 1. The minimum absolute atomic E-state index is 0.314. The summed E-state index contributed by atoms with van der Waals surface area (Å²) in [7, 11) is 2.20. The van der Waals surface area contributed by atoms with Crippen LogP contribution in [-0.4, -0.2) is 35.7 Å². The number of para-hydroxylation sites is 1. The third kappa shape index (κ3) is 1.67. The molecule has 0 aliphatic carbocycles. The lowest BCUT2D eigenvalue weighted by atomic mass is 9.86. The molecular weight excluding hydrogens is 236 g/mol. The number of aromatic amines is 1. The van der Waals surface area contributed by atoms with E-state index >= 15 is 0 Å². The van der Waals surface area contributed by atoms with E-state index in [1.165, 1.54) is 22.2 Å². The number of likely N-dealkylation sites (tertiary alicyclic amines) is 1. The number of piperidine rings is 1. The fourth-order valence-corrected chi connectivity index (χ4v) is 3.34. The molecule has 2 N–H and O–H groups in total. The molecule has 0 saturated carbocycles. The summed E-state index contributed by atoms with van der Waals surface area (Å²) < 4.78 is 0. The van der Waals surface area contributed by atoms with Gasteiger partial charge in [0.1, 0.15) is 0 Å². The van der Waals surface area contributed by atoms with Gasteiger partial charge >= 0.3 is 0 Å². The van der Waals surface area contributed by atoms with Crippen LogP contribution in [-0.2, 0) is 0 Å². The highest BCUT2D eigenvalue weighted by Crippen LogP contribution is 2.35. The molecule has 1 saturated heterocycles. The van der Waals surface area contributed by atoms with Gasteiger partial charge in [0.05, 0.1) is 6.04 Å². The average molecular weight is 254 g/mol. The van der Waals surface area contributed by atoms with Gasteiger partial charge in [0.2, 0.25) is 0 Å². The Morgan fingerprint density at radius 1 is 1.32 bits per heavy atom. The molecule has 3 heterocycles. The van der Waals surface area contributed by atoms with Crippen LogP contribution in [0.2, 0.25) is 0 Å². The second-order valence-electron chi connectivity index (χ2n) is 5.62.